The van der Waals surface area contributed by atoms with Crippen LogP contribution < -0.4 is 5.32 Å². The summed E-state index contributed by atoms with van der Waals surface area (Å²) in [5.74, 6) is 1.89. The van der Waals surface area contributed by atoms with E-state index in [4.69, 9.17) is 4.42 Å². The van der Waals surface area contributed by atoms with Gasteiger partial charge in [0.1, 0.15) is 11.6 Å². The van der Waals surface area contributed by atoms with E-state index < -0.39 is 0 Å². The quantitative estimate of drug-likeness (QED) is 0.804. The largest absolute Gasteiger partial charge is 0.468 e. The predicted octanol–water partition coefficient (Wildman–Crippen LogP) is 2.16. The maximum Gasteiger partial charge on any atom is 0.120 e. The Hall–Kier alpha value is -1.55. The Morgan fingerprint density at radius 3 is 3.07 bits per heavy atom. The van der Waals surface area contributed by atoms with Crippen molar-refractivity contribution in [3.05, 3.63) is 41.9 Å². The van der Waals surface area contributed by atoms with Crippen molar-refractivity contribution in [1.29, 1.82) is 0 Å². The van der Waals surface area contributed by atoms with Crippen molar-refractivity contribution in [2.24, 2.45) is 0 Å². The molecule has 15 heavy (non-hydrogen) atoms. The lowest BCUT2D eigenvalue weighted by Crippen LogP contribution is -2.17. The molecule has 0 aromatic carbocycles. The topological polar surface area (TPSA) is 53.9 Å². The highest BCUT2D eigenvalue weighted by atomic mass is 16.3. The maximum atomic E-state index is 5.30. The highest BCUT2D eigenvalue weighted by Crippen LogP contribution is 2.12. The van der Waals surface area contributed by atoms with E-state index in [1.807, 2.05) is 25.3 Å². The molecule has 0 spiro atoms. The van der Waals surface area contributed by atoms with Crippen LogP contribution in [-0.2, 0) is 6.54 Å². The molecule has 0 bridgehead atoms. The molecule has 0 saturated heterocycles. The number of aromatic amines is 1. The lowest BCUT2D eigenvalue weighted by molar-refractivity contribution is 0.429. The molecule has 0 amide bonds. The van der Waals surface area contributed by atoms with E-state index in [1.54, 1.807) is 6.26 Å². The van der Waals surface area contributed by atoms with Gasteiger partial charge in [-0.25, -0.2) is 4.98 Å². The van der Waals surface area contributed by atoms with Crippen LogP contribution in [0, 0.1) is 6.92 Å². The van der Waals surface area contributed by atoms with Crippen molar-refractivity contribution < 1.29 is 4.42 Å². The van der Waals surface area contributed by atoms with E-state index in [0.717, 1.165) is 23.8 Å². The second-order valence-corrected chi connectivity index (χ2v) is 3.61. The number of aromatic nitrogens is 2. The third-order valence-corrected chi connectivity index (χ3v) is 2.32. The Bertz CT molecular complexity index is 405. The average Bonchev–Trinajstić information content (AvgIpc) is 2.84. The molecule has 2 aromatic heterocycles. The molecule has 0 aliphatic carbocycles. The number of H-pyrrole nitrogens is 1. The van der Waals surface area contributed by atoms with Gasteiger partial charge in [0, 0.05) is 18.4 Å². The molecule has 0 saturated carbocycles. The number of hydrogen-bond donors (Lipinski definition) is 2. The SMILES string of the molecule is Cc1ncc(CN[C@H](C)c2ccco2)[nH]1. The lowest BCUT2D eigenvalue weighted by atomic mass is 10.2. The van der Waals surface area contributed by atoms with E-state index in [-0.39, 0.29) is 6.04 Å². The van der Waals surface area contributed by atoms with Crippen LogP contribution >= 0.6 is 0 Å². The standard InChI is InChI=1S/C11H15N3O/c1-8(11-4-3-5-15-11)12-6-10-7-13-9(2)14-10/h3-5,7-8,12H,6H2,1-2H3,(H,13,14)/t8-/m1/s1. The van der Waals surface area contributed by atoms with Crippen molar-refractivity contribution in [1.82, 2.24) is 15.3 Å². The molecular formula is C11H15N3O. The fourth-order valence-corrected chi connectivity index (χ4v) is 1.46. The minimum Gasteiger partial charge on any atom is -0.468 e. The zero-order valence-electron chi connectivity index (χ0n) is 8.95. The summed E-state index contributed by atoms with van der Waals surface area (Å²) in [5, 5.41) is 3.35. The first kappa shape index (κ1) is 9.98. The van der Waals surface area contributed by atoms with Crippen molar-refractivity contribution in [3.8, 4) is 0 Å². The fourth-order valence-electron chi connectivity index (χ4n) is 1.46. The third kappa shape index (κ3) is 2.47. The van der Waals surface area contributed by atoms with E-state index in [9.17, 15) is 0 Å². The number of rotatable bonds is 4. The van der Waals surface area contributed by atoms with Crippen LogP contribution in [0.5, 0.6) is 0 Å². The molecule has 2 N–H and O–H groups in total. The van der Waals surface area contributed by atoms with E-state index >= 15 is 0 Å². The van der Waals surface area contributed by atoms with Crippen LogP contribution in [-0.4, -0.2) is 9.97 Å². The first-order chi connectivity index (χ1) is 7.25. The number of imidazole rings is 1. The third-order valence-electron chi connectivity index (χ3n) is 2.32. The predicted molar refractivity (Wildman–Crippen MR) is 57.3 cm³/mol. The zero-order chi connectivity index (χ0) is 10.7. The van der Waals surface area contributed by atoms with Gasteiger partial charge in [-0.2, -0.15) is 0 Å². The first-order valence-corrected chi connectivity index (χ1v) is 5.03. The number of hydrogen-bond acceptors (Lipinski definition) is 3. The summed E-state index contributed by atoms with van der Waals surface area (Å²) in [6, 6.07) is 4.08. The van der Waals surface area contributed by atoms with Crippen molar-refractivity contribution >= 4 is 0 Å². The van der Waals surface area contributed by atoms with Gasteiger partial charge >= 0.3 is 0 Å². The summed E-state index contributed by atoms with van der Waals surface area (Å²) >= 11 is 0. The molecule has 2 aromatic rings. The molecule has 0 aliphatic heterocycles. The fraction of sp³-hybridized carbons (Fsp3) is 0.364. The molecule has 1 atom stereocenters. The van der Waals surface area contributed by atoms with Crippen molar-refractivity contribution in [3.63, 3.8) is 0 Å². The normalized spacial score (nSPS) is 12.9. The summed E-state index contributed by atoms with van der Waals surface area (Å²) in [6.45, 7) is 4.78. The second-order valence-electron chi connectivity index (χ2n) is 3.61. The zero-order valence-corrected chi connectivity index (χ0v) is 8.95. The van der Waals surface area contributed by atoms with Crippen molar-refractivity contribution in [2.45, 2.75) is 26.4 Å². The first-order valence-electron chi connectivity index (χ1n) is 5.03. The number of nitrogens with zero attached hydrogens (tertiary/aromatic N) is 1. The van der Waals surface area contributed by atoms with Crippen molar-refractivity contribution in [2.75, 3.05) is 0 Å². The van der Waals surface area contributed by atoms with Gasteiger partial charge in [0.15, 0.2) is 0 Å². The summed E-state index contributed by atoms with van der Waals surface area (Å²) < 4.78 is 5.30. The van der Waals surface area contributed by atoms with E-state index in [0.29, 0.717) is 0 Å². The molecular weight excluding hydrogens is 190 g/mol. The minimum atomic E-state index is 0.212. The molecule has 4 nitrogen and oxygen atoms in total. The van der Waals surface area contributed by atoms with Gasteiger partial charge < -0.3 is 14.7 Å². The van der Waals surface area contributed by atoms with Gasteiger partial charge in [0.25, 0.3) is 0 Å². The van der Waals surface area contributed by atoms with Gasteiger partial charge in [0.05, 0.1) is 12.3 Å². The smallest absolute Gasteiger partial charge is 0.120 e. The van der Waals surface area contributed by atoms with Gasteiger partial charge in [0.2, 0.25) is 0 Å². The van der Waals surface area contributed by atoms with Crippen LogP contribution in [0.25, 0.3) is 0 Å². The molecule has 2 heterocycles. The van der Waals surface area contributed by atoms with Crippen LogP contribution in [0.4, 0.5) is 0 Å². The Labute approximate surface area is 88.7 Å². The summed E-state index contributed by atoms with van der Waals surface area (Å²) in [5.41, 5.74) is 1.09. The van der Waals surface area contributed by atoms with Gasteiger partial charge in [-0.1, -0.05) is 0 Å². The summed E-state index contributed by atoms with van der Waals surface area (Å²) in [6.07, 6.45) is 3.53. The van der Waals surface area contributed by atoms with Crippen LogP contribution in [0.15, 0.2) is 29.0 Å². The van der Waals surface area contributed by atoms with Gasteiger partial charge in [-0.05, 0) is 26.0 Å². The second kappa shape index (κ2) is 4.31. The average molecular weight is 205 g/mol. The number of aryl methyl sites for hydroxylation is 1. The highest BCUT2D eigenvalue weighted by Gasteiger charge is 2.07. The molecule has 4 heteroatoms. The van der Waals surface area contributed by atoms with Gasteiger partial charge in [-0.3, -0.25) is 0 Å². The van der Waals surface area contributed by atoms with E-state index in [2.05, 4.69) is 22.2 Å². The molecule has 0 radical (unpaired) electrons. The van der Waals surface area contributed by atoms with Crippen LogP contribution in [0.3, 0.4) is 0 Å². The molecule has 0 fully saturated rings. The Morgan fingerprint density at radius 2 is 2.47 bits per heavy atom. The number of nitrogens with one attached hydrogen (secondary N) is 2. The molecule has 0 aliphatic rings. The molecule has 2 rings (SSSR count). The monoisotopic (exact) mass is 205 g/mol. The molecule has 80 valence electrons. The Morgan fingerprint density at radius 1 is 1.60 bits per heavy atom. The Balaban J connectivity index is 1.88. The minimum absolute atomic E-state index is 0.212. The summed E-state index contributed by atoms with van der Waals surface area (Å²) in [4.78, 5) is 7.31. The van der Waals surface area contributed by atoms with E-state index in [1.165, 1.54) is 0 Å². The maximum absolute atomic E-state index is 5.30. The van der Waals surface area contributed by atoms with Gasteiger partial charge in [-0.15, -0.1) is 0 Å². The van der Waals surface area contributed by atoms with Crippen LogP contribution in [0.2, 0.25) is 0 Å². The highest BCUT2D eigenvalue weighted by molar-refractivity contribution is 5.05. The molecule has 0 unspecified atom stereocenters. The Kier molecular flexibility index (Phi) is 2.87. The summed E-state index contributed by atoms with van der Waals surface area (Å²) in [7, 11) is 0. The van der Waals surface area contributed by atoms with Crippen LogP contribution in [0.1, 0.15) is 30.2 Å². The number of furan rings is 1. The lowest BCUT2D eigenvalue weighted by Gasteiger charge is -2.09.